The molecule has 1 aliphatic heterocycles. The molecule has 1 aromatic rings. The Morgan fingerprint density at radius 3 is 2.79 bits per heavy atom. The first kappa shape index (κ1) is 14.0. The van der Waals surface area contributed by atoms with Gasteiger partial charge in [0.2, 0.25) is 10.0 Å². The second-order valence-corrected chi connectivity index (χ2v) is 6.14. The van der Waals surface area contributed by atoms with Crippen molar-refractivity contribution in [2.24, 2.45) is 0 Å². The van der Waals surface area contributed by atoms with Crippen LogP contribution >= 0.6 is 0 Å². The Hall–Kier alpha value is -1.44. The molecule has 0 radical (unpaired) electrons. The van der Waals surface area contributed by atoms with Crippen LogP contribution in [0, 0.1) is 0 Å². The van der Waals surface area contributed by atoms with Crippen LogP contribution in [0.3, 0.4) is 0 Å². The van der Waals surface area contributed by atoms with Gasteiger partial charge in [-0.3, -0.25) is 0 Å². The third-order valence-corrected chi connectivity index (χ3v) is 4.56. The molecular weight excluding hydrogens is 270 g/mol. The Labute approximate surface area is 111 Å². The lowest BCUT2D eigenvalue weighted by Crippen LogP contribution is -2.39. The molecule has 104 valence electrons. The number of nitrogens with one attached hydrogen (secondary N) is 1. The van der Waals surface area contributed by atoms with Gasteiger partial charge in [0.15, 0.2) is 0 Å². The molecule has 1 saturated heterocycles. The third-order valence-electron chi connectivity index (χ3n) is 3.07. The standard InChI is InChI=1S/C12H15NO5S/c1-8-11(5-6-18-8)13-19(16,17)10-4-2-3-9(7-10)12(14)15/h2-4,7-8,11,13H,5-6H2,1H3,(H,14,15). The third kappa shape index (κ3) is 3.12. The molecule has 1 aliphatic rings. The minimum absolute atomic E-state index is 0.0495. The van der Waals surface area contributed by atoms with Gasteiger partial charge >= 0.3 is 5.97 Å². The van der Waals surface area contributed by atoms with E-state index in [1.165, 1.54) is 18.2 Å². The molecule has 1 fully saturated rings. The summed E-state index contributed by atoms with van der Waals surface area (Å²) in [6, 6.07) is 4.99. The Balaban J connectivity index is 2.24. The summed E-state index contributed by atoms with van der Waals surface area (Å²) in [6.45, 7) is 2.32. The molecule has 2 atom stereocenters. The molecule has 2 N–H and O–H groups in total. The molecule has 0 spiro atoms. The summed E-state index contributed by atoms with van der Waals surface area (Å²) >= 11 is 0. The van der Waals surface area contributed by atoms with Crippen LogP contribution in [0.2, 0.25) is 0 Å². The Kier molecular flexibility index (Phi) is 3.88. The zero-order valence-corrected chi connectivity index (χ0v) is 11.2. The number of aromatic carboxylic acids is 1. The zero-order valence-electron chi connectivity index (χ0n) is 10.4. The minimum Gasteiger partial charge on any atom is -0.478 e. The Morgan fingerprint density at radius 1 is 1.47 bits per heavy atom. The molecule has 0 aromatic heterocycles. The molecule has 1 aromatic carbocycles. The van der Waals surface area contributed by atoms with Crippen molar-refractivity contribution in [3.63, 3.8) is 0 Å². The second-order valence-electron chi connectivity index (χ2n) is 4.43. The van der Waals surface area contributed by atoms with E-state index in [1.54, 1.807) is 6.92 Å². The summed E-state index contributed by atoms with van der Waals surface area (Å²) in [5.41, 5.74) is -0.0569. The van der Waals surface area contributed by atoms with Gasteiger partial charge in [-0.05, 0) is 31.5 Å². The number of rotatable bonds is 4. The summed E-state index contributed by atoms with van der Waals surface area (Å²) in [7, 11) is -3.73. The summed E-state index contributed by atoms with van der Waals surface area (Å²) in [6.07, 6.45) is 0.427. The summed E-state index contributed by atoms with van der Waals surface area (Å²) in [4.78, 5) is 10.8. The summed E-state index contributed by atoms with van der Waals surface area (Å²) in [5, 5.41) is 8.87. The SMILES string of the molecule is CC1OCCC1NS(=O)(=O)c1cccc(C(=O)O)c1. The number of hydrogen-bond donors (Lipinski definition) is 2. The monoisotopic (exact) mass is 285 g/mol. The number of carboxylic acids is 1. The molecule has 1 heterocycles. The largest absolute Gasteiger partial charge is 0.478 e. The van der Waals surface area contributed by atoms with E-state index in [9.17, 15) is 13.2 Å². The van der Waals surface area contributed by atoms with E-state index in [0.29, 0.717) is 13.0 Å². The maximum Gasteiger partial charge on any atom is 0.335 e. The van der Waals surface area contributed by atoms with Gasteiger partial charge in [0.25, 0.3) is 0 Å². The van der Waals surface area contributed by atoms with E-state index in [4.69, 9.17) is 9.84 Å². The molecular formula is C12H15NO5S. The first-order valence-corrected chi connectivity index (χ1v) is 7.36. The lowest BCUT2D eigenvalue weighted by molar-refractivity contribution is 0.0696. The minimum atomic E-state index is -3.73. The van der Waals surface area contributed by atoms with E-state index >= 15 is 0 Å². The summed E-state index contributed by atoms with van der Waals surface area (Å²) < 4.78 is 32.1. The average molecular weight is 285 g/mol. The van der Waals surface area contributed by atoms with Gasteiger partial charge in [-0.25, -0.2) is 17.9 Å². The molecule has 0 saturated carbocycles. The lowest BCUT2D eigenvalue weighted by Gasteiger charge is -2.16. The van der Waals surface area contributed by atoms with E-state index in [-0.39, 0.29) is 22.6 Å². The zero-order chi connectivity index (χ0) is 14.0. The molecule has 2 unspecified atom stereocenters. The van der Waals surface area contributed by atoms with Crippen molar-refractivity contribution < 1.29 is 23.1 Å². The first-order chi connectivity index (χ1) is 8.90. The van der Waals surface area contributed by atoms with Crippen LogP contribution in [-0.4, -0.2) is 38.2 Å². The van der Waals surface area contributed by atoms with Crippen molar-refractivity contribution in [3.05, 3.63) is 29.8 Å². The van der Waals surface area contributed by atoms with Gasteiger partial charge in [-0.1, -0.05) is 6.07 Å². The van der Waals surface area contributed by atoms with Gasteiger partial charge in [-0.15, -0.1) is 0 Å². The highest BCUT2D eigenvalue weighted by atomic mass is 32.2. The average Bonchev–Trinajstić information content (AvgIpc) is 2.74. The number of sulfonamides is 1. The van der Waals surface area contributed by atoms with Crippen LogP contribution in [-0.2, 0) is 14.8 Å². The van der Waals surface area contributed by atoms with E-state index in [1.807, 2.05) is 0 Å². The number of carbonyl (C=O) groups is 1. The van der Waals surface area contributed by atoms with Crippen molar-refractivity contribution in [3.8, 4) is 0 Å². The van der Waals surface area contributed by atoms with Crippen molar-refractivity contribution in [2.75, 3.05) is 6.61 Å². The van der Waals surface area contributed by atoms with Crippen LogP contribution in [0.4, 0.5) is 0 Å². The van der Waals surface area contributed by atoms with Crippen LogP contribution in [0.15, 0.2) is 29.2 Å². The Bertz CT molecular complexity index is 584. The topological polar surface area (TPSA) is 92.7 Å². The second kappa shape index (κ2) is 5.28. The smallest absolute Gasteiger partial charge is 0.335 e. The number of benzene rings is 1. The van der Waals surface area contributed by atoms with Crippen LogP contribution in [0.1, 0.15) is 23.7 Å². The van der Waals surface area contributed by atoms with Gasteiger partial charge < -0.3 is 9.84 Å². The Morgan fingerprint density at radius 2 is 2.21 bits per heavy atom. The molecule has 7 heteroatoms. The van der Waals surface area contributed by atoms with Crippen molar-refractivity contribution in [1.29, 1.82) is 0 Å². The maximum atomic E-state index is 12.1. The number of hydrogen-bond acceptors (Lipinski definition) is 4. The lowest BCUT2D eigenvalue weighted by atomic mass is 10.2. The summed E-state index contributed by atoms with van der Waals surface area (Å²) in [5.74, 6) is -1.16. The fourth-order valence-electron chi connectivity index (χ4n) is 1.95. The van der Waals surface area contributed by atoms with Gasteiger partial charge in [0.1, 0.15) is 0 Å². The quantitative estimate of drug-likeness (QED) is 0.855. The molecule has 6 nitrogen and oxygen atoms in total. The molecule has 19 heavy (non-hydrogen) atoms. The predicted molar refractivity (Wildman–Crippen MR) is 67.5 cm³/mol. The normalized spacial score (nSPS) is 23.4. The first-order valence-electron chi connectivity index (χ1n) is 5.87. The van der Waals surface area contributed by atoms with Crippen LogP contribution in [0.5, 0.6) is 0 Å². The highest BCUT2D eigenvalue weighted by Crippen LogP contribution is 2.17. The van der Waals surface area contributed by atoms with Crippen LogP contribution < -0.4 is 4.72 Å². The fraction of sp³-hybridized carbons (Fsp3) is 0.417. The number of carboxylic acid groups (broad SMARTS) is 1. The number of ether oxygens (including phenoxy) is 1. The van der Waals surface area contributed by atoms with Gasteiger partial charge in [0.05, 0.1) is 22.6 Å². The van der Waals surface area contributed by atoms with Crippen molar-refractivity contribution in [1.82, 2.24) is 4.72 Å². The highest BCUT2D eigenvalue weighted by molar-refractivity contribution is 7.89. The van der Waals surface area contributed by atoms with E-state index in [2.05, 4.69) is 4.72 Å². The fourth-order valence-corrected chi connectivity index (χ4v) is 3.33. The predicted octanol–water partition coefficient (Wildman–Crippen LogP) is 0.840. The van der Waals surface area contributed by atoms with Crippen molar-refractivity contribution in [2.45, 2.75) is 30.4 Å². The maximum absolute atomic E-state index is 12.1. The van der Waals surface area contributed by atoms with Gasteiger partial charge in [0, 0.05) is 6.61 Å². The van der Waals surface area contributed by atoms with E-state index < -0.39 is 16.0 Å². The highest BCUT2D eigenvalue weighted by Gasteiger charge is 2.29. The molecule has 0 bridgehead atoms. The van der Waals surface area contributed by atoms with Crippen LogP contribution in [0.25, 0.3) is 0 Å². The van der Waals surface area contributed by atoms with Crippen molar-refractivity contribution >= 4 is 16.0 Å². The molecule has 0 aliphatic carbocycles. The molecule has 0 amide bonds. The molecule has 2 rings (SSSR count). The van der Waals surface area contributed by atoms with E-state index in [0.717, 1.165) is 6.07 Å². The van der Waals surface area contributed by atoms with Gasteiger partial charge in [-0.2, -0.15) is 0 Å².